The molecule has 68 valence electrons. The van der Waals surface area contributed by atoms with Gasteiger partial charge in [-0.05, 0) is 25.2 Å². The van der Waals surface area contributed by atoms with Crippen molar-refractivity contribution >= 4 is 6.03 Å². The standard InChI is InChI=1S/C9H16N2O/c1-7-6-8(7)10-9(12)11-4-2-3-5-11/h7-8H,2-6H2,1H3,(H,10,12)/t7-,8-/m1/s1. The summed E-state index contributed by atoms with van der Waals surface area (Å²) in [5.74, 6) is 0.705. The predicted octanol–water partition coefficient (Wildman–Crippen LogP) is 1.20. The molecule has 1 N–H and O–H groups in total. The second-order valence-corrected chi connectivity index (χ2v) is 3.96. The summed E-state index contributed by atoms with van der Waals surface area (Å²) in [4.78, 5) is 13.4. The molecule has 2 aliphatic rings. The van der Waals surface area contributed by atoms with Gasteiger partial charge >= 0.3 is 6.03 Å². The SMILES string of the molecule is C[C@@H]1C[C@H]1NC(=O)N1CCCC1. The van der Waals surface area contributed by atoms with Crippen molar-refractivity contribution in [1.82, 2.24) is 10.2 Å². The highest BCUT2D eigenvalue weighted by atomic mass is 16.2. The van der Waals surface area contributed by atoms with Gasteiger partial charge in [0.25, 0.3) is 0 Å². The van der Waals surface area contributed by atoms with Crippen LogP contribution < -0.4 is 5.32 Å². The Morgan fingerprint density at radius 2 is 2.00 bits per heavy atom. The summed E-state index contributed by atoms with van der Waals surface area (Å²) in [6, 6.07) is 0.625. The average Bonchev–Trinajstić information content (AvgIpc) is 2.58. The first kappa shape index (κ1) is 7.90. The summed E-state index contributed by atoms with van der Waals surface area (Å²) in [6.07, 6.45) is 3.51. The lowest BCUT2D eigenvalue weighted by atomic mass is 10.4. The van der Waals surface area contributed by atoms with Crippen molar-refractivity contribution in [2.45, 2.75) is 32.2 Å². The number of amides is 2. The average molecular weight is 168 g/mol. The lowest BCUT2D eigenvalue weighted by molar-refractivity contribution is 0.208. The van der Waals surface area contributed by atoms with Gasteiger partial charge in [-0.1, -0.05) is 6.92 Å². The van der Waals surface area contributed by atoms with Crippen molar-refractivity contribution in [3.8, 4) is 0 Å². The van der Waals surface area contributed by atoms with Crippen molar-refractivity contribution < 1.29 is 4.79 Å². The molecule has 0 bridgehead atoms. The third-order valence-corrected chi connectivity index (χ3v) is 2.81. The number of likely N-dealkylation sites (tertiary alicyclic amines) is 1. The maximum atomic E-state index is 11.5. The van der Waals surface area contributed by atoms with E-state index in [1.165, 1.54) is 19.3 Å². The highest BCUT2D eigenvalue weighted by Crippen LogP contribution is 2.29. The minimum absolute atomic E-state index is 0.154. The smallest absolute Gasteiger partial charge is 0.317 e. The van der Waals surface area contributed by atoms with Crippen molar-refractivity contribution in [3.63, 3.8) is 0 Å². The number of carbonyl (C=O) groups excluding carboxylic acids is 1. The van der Waals surface area contributed by atoms with Crippen molar-refractivity contribution in [2.24, 2.45) is 5.92 Å². The van der Waals surface area contributed by atoms with Gasteiger partial charge in [-0.2, -0.15) is 0 Å². The van der Waals surface area contributed by atoms with Gasteiger partial charge in [-0.15, -0.1) is 0 Å². The number of nitrogens with one attached hydrogen (secondary N) is 1. The van der Waals surface area contributed by atoms with Crippen LogP contribution in [0.4, 0.5) is 4.79 Å². The van der Waals surface area contributed by atoms with Gasteiger partial charge in [0.2, 0.25) is 0 Å². The first-order valence-corrected chi connectivity index (χ1v) is 4.83. The molecule has 3 nitrogen and oxygen atoms in total. The summed E-state index contributed by atoms with van der Waals surface area (Å²) in [7, 11) is 0. The topological polar surface area (TPSA) is 32.3 Å². The van der Waals surface area contributed by atoms with Crippen LogP contribution in [0.25, 0.3) is 0 Å². The molecule has 1 heterocycles. The third kappa shape index (κ3) is 1.54. The van der Waals surface area contributed by atoms with E-state index in [1.807, 2.05) is 4.90 Å². The number of hydrogen-bond acceptors (Lipinski definition) is 1. The van der Waals surface area contributed by atoms with E-state index in [1.54, 1.807) is 0 Å². The fraction of sp³-hybridized carbons (Fsp3) is 0.889. The molecule has 2 amide bonds. The lowest BCUT2D eigenvalue weighted by Crippen LogP contribution is -2.39. The third-order valence-electron chi connectivity index (χ3n) is 2.81. The number of urea groups is 1. The molecule has 0 radical (unpaired) electrons. The van der Waals surface area contributed by atoms with E-state index in [4.69, 9.17) is 0 Å². The number of nitrogens with zero attached hydrogens (tertiary/aromatic N) is 1. The van der Waals surface area contributed by atoms with Crippen LogP contribution in [0.1, 0.15) is 26.2 Å². The molecule has 1 saturated carbocycles. The first-order valence-electron chi connectivity index (χ1n) is 4.83. The summed E-state index contributed by atoms with van der Waals surface area (Å²) in [5.41, 5.74) is 0. The van der Waals surface area contributed by atoms with Crippen molar-refractivity contribution in [2.75, 3.05) is 13.1 Å². The Morgan fingerprint density at radius 1 is 1.42 bits per heavy atom. The molecule has 12 heavy (non-hydrogen) atoms. The highest BCUT2D eigenvalue weighted by molar-refractivity contribution is 5.75. The minimum Gasteiger partial charge on any atom is -0.335 e. The zero-order chi connectivity index (χ0) is 8.55. The van der Waals surface area contributed by atoms with E-state index in [0.29, 0.717) is 12.0 Å². The largest absolute Gasteiger partial charge is 0.335 e. The van der Waals surface area contributed by atoms with E-state index in [0.717, 1.165) is 13.1 Å². The second kappa shape index (κ2) is 2.96. The zero-order valence-electron chi connectivity index (χ0n) is 7.55. The van der Waals surface area contributed by atoms with Crippen LogP contribution in [0.3, 0.4) is 0 Å². The van der Waals surface area contributed by atoms with Gasteiger partial charge in [0.05, 0.1) is 0 Å². The molecule has 3 heteroatoms. The Hall–Kier alpha value is -0.730. The summed E-state index contributed by atoms with van der Waals surface area (Å²) < 4.78 is 0. The molecule has 2 rings (SSSR count). The molecule has 0 unspecified atom stereocenters. The van der Waals surface area contributed by atoms with Crippen LogP contribution in [-0.2, 0) is 0 Å². The molecule has 1 aliphatic carbocycles. The maximum absolute atomic E-state index is 11.5. The number of carbonyl (C=O) groups is 1. The molecule has 1 aliphatic heterocycles. The van der Waals surface area contributed by atoms with E-state index < -0.39 is 0 Å². The molecule has 0 spiro atoms. The van der Waals surface area contributed by atoms with Gasteiger partial charge in [-0.25, -0.2) is 4.79 Å². The van der Waals surface area contributed by atoms with Crippen molar-refractivity contribution in [1.29, 1.82) is 0 Å². The van der Waals surface area contributed by atoms with E-state index in [-0.39, 0.29) is 6.03 Å². The van der Waals surface area contributed by atoms with Gasteiger partial charge in [-0.3, -0.25) is 0 Å². The molecule has 0 aromatic carbocycles. The molecule has 0 aromatic heterocycles. The fourth-order valence-electron chi connectivity index (χ4n) is 1.69. The highest BCUT2D eigenvalue weighted by Gasteiger charge is 2.35. The zero-order valence-corrected chi connectivity index (χ0v) is 7.55. The molecule has 1 saturated heterocycles. The number of hydrogen-bond donors (Lipinski definition) is 1. The maximum Gasteiger partial charge on any atom is 0.317 e. The normalized spacial score (nSPS) is 33.6. The van der Waals surface area contributed by atoms with Crippen LogP contribution in [0.15, 0.2) is 0 Å². The van der Waals surface area contributed by atoms with Gasteiger partial charge in [0, 0.05) is 19.1 Å². The second-order valence-electron chi connectivity index (χ2n) is 3.96. The van der Waals surface area contributed by atoms with Crippen LogP contribution in [0, 0.1) is 5.92 Å². The molecular formula is C9H16N2O. The Kier molecular flexibility index (Phi) is 1.95. The van der Waals surface area contributed by atoms with Crippen molar-refractivity contribution in [3.05, 3.63) is 0 Å². The Balaban J connectivity index is 1.76. The molecular weight excluding hydrogens is 152 g/mol. The summed E-state index contributed by atoms with van der Waals surface area (Å²) >= 11 is 0. The monoisotopic (exact) mass is 168 g/mol. The van der Waals surface area contributed by atoms with Crippen LogP contribution >= 0.6 is 0 Å². The Morgan fingerprint density at radius 3 is 2.50 bits per heavy atom. The quantitative estimate of drug-likeness (QED) is 0.627. The first-order chi connectivity index (χ1) is 5.77. The summed E-state index contributed by atoms with van der Waals surface area (Å²) in [6.45, 7) is 4.08. The van der Waals surface area contributed by atoms with Crippen LogP contribution in [0.2, 0.25) is 0 Å². The fourth-order valence-corrected chi connectivity index (χ4v) is 1.69. The molecule has 2 fully saturated rings. The van der Waals surface area contributed by atoms with Gasteiger partial charge < -0.3 is 10.2 Å². The van der Waals surface area contributed by atoms with Gasteiger partial charge in [0.1, 0.15) is 0 Å². The predicted molar refractivity (Wildman–Crippen MR) is 46.9 cm³/mol. The van der Waals surface area contributed by atoms with E-state index in [2.05, 4.69) is 12.2 Å². The minimum atomic E-state index is 0.154. The van der Waals surface area contributed by atoms with Crippen LogP contribution in [-0.4, -0.2) is 30.1 Å². The molecule has 0 aromatic rings. The van der Waals surface area contributed by atoms with E-state index in [9.17, 15) is 4.79 Å². The lowest BCUT2D eigenvalue weighted by Gasteiger charge is -2.15. The van der Waals surface area contributed by atoms with E-state index >= 15 is 0 Å². The van der Waals surface area contributed by atoms with Gasteiger partial charge in [0.15, 0.2) is 0 Å². The summed E-state index contributed by atoms with van der Waals surface area (Å²) in [5, 5.41) is 3.03. The number of rotatable bonds is 1. The Bertz CT molecular complexity index is 187. The molecule has 2 atom stereocenters. The Labute approximate surface area is 73.1 Å². The van der Waals surface area contributed by atoms with Crippen LogP contribution in [0.5, 0.6) is 0 Å².